The number of ether oxygens (including phenoxy) is 1. The Kier molecular flexibility index (Phi) is 4.68. The van der Waals surface area contributed by atoms with Crippen molar-refractivity contribution < 1.29 is 14.2 Å². The maximum absolute atomic E-state index is 10.9. The van der Waals surface area contributed by atoms with E-state index in [0.29, 0.717) is 17.3 Å². The number of nitro groups is 1. The van der Waals surface area contributed by atoms with Crippen LogP contribution in [0.15, 0.2) is 53.5 Å². The topological polar surface area (TPSA) is 132 Å². The van der Waals surface area contributed by atoms with Crippen LogP contribution in [0.3, 0.4) is 0 Å². The van der Waals surface area contributed by atoms with E-state index in [1.807, 2.05) is 36.6 Å². The minimum absolute atomic E-state index is 0.0313. The van der Waals surface area contributed by atoms with E-state index in [1.165, 1.54) is 12.1 Å². The van der Waals surface area contributed by atoms with Crippen LogP contribution in [0.2, 0.25) is 0 Å². The predicted octanol–water partition coefficient (Wildman–Crippen LogP) is 1.79. The van der Waals surface area contributed by atoms with Gasteiger partial charge in [-0.2, -0.15) is 4.99 Å². The van der Waals surface area contributed by atoms with E-state index in [-0.39, 0.29) is 18.3 Å². The zero-order valence-electron chi connectivity index (χ0n) is 15.0. The summed E-state index contributed by atoms with van der Waals surface area (Å²) in [6.45, 7) is 3.99. The smallest absolute Gasteiger partial charge is 0.357 e. The third kappa shape index (κ3) is 3.97. The molecule has 140 valence electrons. The lowest BCUT2D eigenvalue weighted by Crippen LogP contribution is -2.55. The van der Waals surface area contributed by atoms with Crippen LogP contribution in [-0.4, -0.2) is 27.1 Å². The Hall–Kier alpha value is -3.62. The second-order valence-electron chi connectivity index (χ2n) is 6.55. The summed E-state index contributed by atoms with van der Waals surface area (Å²) in [7, 11) is 0. The largest absolute Gasteiger partial charge is 0.489 e. The summed E-state index contributed by atoms with van der Waals surface area (Å²) in [5.74, 6) is 1.22. The highest BCUT2D eigenvalue weighted by Crippen LogP contribution is 2.28. The summed E-state index contributed by atoms with van der Waals surface area (Å²) in [5, 5.41) is 13.7. The zero-order chi connectivity index (χ0) is 19.6. The van der Waals surface area contributed by atoms with E-state index in [4.69, 9.17) is 16.2 Å². The fourth-order valence-corrected chi connectivity index (χ4v) is 2.95. The molecule has 0 aliphatic carbocycles. The number of non-ortho nitro benzene ring substituents is 1. The first-order valence-electron chi connectivity index (χ1n) is 8.27. The Balaban J connectivity index is 1.82. The van der Waals surface area contributed by atoms with Gasteiger partial charge in [0.1, 0.15) is 18.0 Å². The van der Waals surface area contributed by atoms with Crippen molar-refractivity contribution in [2.24, 2.45) is 16.5 Å². The Labute approximate surface area is 156 Å². The maximum Gasteiger partial charge on any atom is 0.357 e. The molecule has 0 atom stereocenters. The van der Waals surface area contributed by atoms with Gasteiger partial charge in [-0.15, -0.1) is 0 Å². The summed E-state index contributed by atoms with van der Waals surface area (Å²) in [6.07, 6.45) is 0. The average Bonchev–Trinajstić information content (AvgIpc) is 2.59. The van der Waals surface area contributed by atoms with Crippen molar-refractivity contribution in [3.63, 3.8) is 0 Å². The van der Waals surface area contributed by atoms with Crippen LogP contribution >= 0.6 is 0 Å². The average molecular weight is 369 g/mol. The maximum atomic E-state index is 10.9. The molecule has 0 amide bonds. The highest BCUT2D eigenvalue weighted by molar-refractivity contribution is 5.96. The van der Waals surface area contributed by atoms with Gasteiger partial charge >= 0.3 is 5.96 Å². The predicted molar refractivity (Wildman–Crippen MR) is 102 cm³/mol. The fourth-order valence-electron chi connectivity index (χ4n) is 2.95. The molecule has 0 aromatic heterocycles. The van der Waals surface area contributed by atoms with Gasteiger partial charge in [-0.25, -0.2) is 9.89 Å². The number of nitrogens with two attached hydrogens (primary N) is 2. The fraction of sp³-hybridized carbons (Fsp3) is 0.222. The third-order valence-corrected chi connectivity index (χ3v) is 4.04. The van der Waals surface area contributed by atoms with Crippen molar-refractivity contribution in [1.82, 2.24) is 5.32 Å². The number of nitrogens with one attached hydrogen (secondary N) is 1. The second-order valence-corrected chi connectivity index (χ2v) is 6.55. The van der Waals surface area contributed by atoms with Crippen molar-refractivity contribution in [1.29, 1.82) is 0 Å². The molecule has 0 bridgehead atoms. The molecule has 2 aromatic rings. The van der Waals surface area contributed by atoms with Gasteiger partial charge in [0, 0.05) is 18.2 Å². The van der Waals surface area contributed by atoms with Gasteiger partial charge in [0.25, 0.3) is 11.6 Å². The minimum Gasteiger partial charge on any atom is -0.489 e. The van der Waals surface area contributed by atoms with Crippen molar-refractivity contribution in [2.75, 3.05) is 0 Å². The Morgan fingerprint density at radius 3 is 2.67 bits per heavy atom. The monoisotopic (exact) mass is 369 g/mol. The zero-order valence-corrected chi connectivity index (χ0v) is 15.0. The molecule has 0 fully saturated rings. The molecule has 9 heteroatoms. The lowest BCUT2D eigenvalue weighted by Gasteiger charge is -2.28. The van der Waals surface area contributed by atoms with E-state index >= 15 is 0 Å². The number of hydrogen-bond acceptors (Lipinski definition) is 7. The minimum atomic E-state index is -0.669. The van der Waals surface area contributed by atoms with Crippen molar-refractivity contribution in [2.45, 2.75) is 26.1 Å². The van der Waals surface area contributed by atoms with Crippen LogP contribution in [0.1, 0.15) is 19.4 Å². The molecule has 27 heavy (non-hydrogen) atoms. The SMILES string of the molecule is CC1(C)N=C(N)NC(N)=[N+]1c1cccc(OCc2cccc([N+](=O)[O-])c2)c1. The van der Waals surface area contributed by atoms with Crippen LogP contribution in [0.25, 0.3) is 0 Å². The molecule has 5 N–H and O–H groups in total. The molecule has 1 aliphatic rings. The van der Waals surface area contributed by atoms with Crippen molar-refractivity contribution in [3.8, 4) is 5.75 Å². The number of nitrogens with zero attached hydrogens (tertiary/aromatic N) is 3. The lowest BCUT2D eigenvalue weighted by molar-refractivity contribution is -0.527. The molecule has 1 heterocycles. The summed E-state index contributed by atoms with van der Waals surface area (Å²) in [5.41, 5.74) is 12.7. The van der Waals surface area contributed by atoms with Crippen molar-refractivity contribution in [3.05, 3.63) is 64.2 Å². The molecule has 9 nitrogen and oxygen atoms in total. The van der Waals surface area contributed by atoms with Crippen LogP contribution in [0, 0.1) is 10.1 Å². The van der Waals surface area contributed by atoms with Gasteiger partial charge in [-0.1, -0.05) is 18.2 Å². The van der Waals surface area contributed by atoms with E-state index in [0.717, 1.165) is 5.69 Å². The Morgan fingerprint density at radius 1 is 1.22 bits per heavy atom. The molecule has 0 saturated heterocycles. The van der Waals surface area contributed by atoms with Gasteiger partial charge in [-0.3, -0.25) is 15.8 Å². The van der Waals surface area contributed by atoms with E-state index < -0.39 is 10.6 Å². The molecule has 3 rings (SSSR count). The first-order chi connectivity index (χ1) is 12.8. The molecule has 2 aromatic carbocycles. The molecule has 1 aliphatic heterocycles. The standard InChI is InChI=1S/C18H20N6O3/c1-18(2)22-16(19)21-17(20)23(18)13-6-4-8-15(10-13)27-11-12-5-3-7-14(9-12)24(25)26/h3-10H,11H2,1-2H3,(H4,19,20,21,22)/p+1. The van der Waals surface area contributed by atoms with Crippen LogP contribution in [0.4, 0.5) is 11.4 Å². The normalized spacial score (nSPS) is 15.7. The molecular formula is C18H21N6O3+. The van der Waals surface area contributed by atoms with E-state index in [1.54, 1.807) is 18.2 Å². The molecule has 0 radical (unpaired) electrons. The summed E-state index contributed by atoms with van der Waals surface area (Å²) in [6, 6.07) is 13.7. The first-order valence-corrected chi connectivity index (χ1v) is 8.27. The van der Waals surface area contributed by atoms with Gasteiger partial charge < -0.3 is 10.5 Å². The quantitative estimate of drug-likeness (QED) is 0.418. The number of aliphatic imine (C=N–C) groups is 1. The van der Waals surface area contributed by atoms with Crippen molar-refractivity contribution >= 4 is 23.3 Å². The number of nitro benzene ring substituents is 1. The summed E-state index contributed by atoms with van der Waals surface area (Å²) >= 11 is 0. The second kappa shape index (κ2) is 6.94. The Morgan fingerprint density at radius 2 is 1.96 bits per heavy atom. The van der Waals surface area contributed by atoms with Gasteiger partial charge in [0.05, 0.1) is 4.92 Å². The van der Waals surface area contributed by atoms with Crippen LogP contribution in [-0.2, 0) is 6.61 Å². The van der Waals surface area contributed by atoms with Gasteiger partial charge in [0.2, 0.25) is 0 Å². The lowest BCUT2D eigenvalue weighted by atomic mass is 10.2. The summed E-state index contributed by atoms with van der Waals surface area (Å²) in [4.78, 5) is 14.8. The summed E-state index contributed by atoms with van der Waals surface area (Å²) < 4.78 is 7.61. The number of rotatable bonds is 5. The molecule has 0 saturated carbocycles. The number of guanidine groups is 2. The van der Waals surface area contributed by atoms with Crippen LogP contribution < -0.4 is 21.5 Å². The molecular weight excluding hydrogens is 348 g/mol. The number of hydrogen-bond donors (Lipinski definition) is 3. The first kappa shape index (κ1) is 18.2. The van der Waals surface area contributed by atoms with Gasteiger partial charge in [-0.05, 0) is 31.5 Å². The van der Waals surface area contributed by atoms with E-state index in [2.05, 4.69) is 10.3 Å². The highest BCUT2D eigenvalue weighted by atomic mass is 16.6. The van der Waals surface area contributed by atoms with E-state index in [9.17, 15) is 10.1 Å². The third-order valence-electron chi connectivity index (χ3n) is 4.04. The molecule has 0 spiro atoms. The number of benzene rings is 2. The highest BCUT2D eigenvalue weighted by Gasteiger charge is 2.34. The molecule has 0 unspecified atom stereocenters. The van der Waals surface area contributed by atoms with Crippen LogP contribution in [0.5, 0.6) is 5.75 Å². The Bertz CT molecular complexity index is 952. The van der Waals surface area contributed by atoms with Gasteiger partial charge in [0.15, 0.2) is 5.66 Å².